The Morgan fingerprint density at radius 1 is 1.07 bits per heavy atom. The van der Waals surface area contributed by atoms with Crippen LogP contribution in [0.3, 0.4) is 0 Å². The predicted octanol–water partition coefficient (Wildman–Crippen LogP) is 3.10. The van der Waals surface area contributed by atoms with Gasteiger partial charge in [-0.1, -0.05) is 6.07 Å². The van der Waals surface area contributed by atoms with Crippen LogP contribution in [0.5, 0.6) is 0 Å². The van der Waals surface area contributed by atoms with Crippen molar-refractivity contribution in [3.63, 3.8) is 0 Å². The van der Waals surface area contributed by atoms with Crippen molar-refractivity contribution in [1.29, 1.82) is 0 Å². The molecule has 1 atom stereocenters. The molecule has 0 saturated carbocycles. The molecular formula is C17H18F3N3O3S. The number of halogens is 3. The zero-order valence-corrected chi connectivity index (χ0v) is 15.3. The van der Waals surface area contributed by atoms with E-state index in [1.54, 1.807) is 0 Å². The number of anilines is 2. The van der Waals surface area contributed by atoms with E-state index in [1.807, 2.05) is 0 Å². The third-order valence-electron chi connectivity index (χ3n) is 3.77. The highest BCUT2D eigenvalue weighted by Crippen LogP contribution is 2.33. The van der Waals surface area contributed by atoms with Crippen molar-refractivity contribution in [3.8, 4) is 0 Å². The Bertz CT molecular complexity index is 942. The smallest absolute Gasteiger partial charge is 0.374 e. The van der Waals surface area contributed by atoms with Gasteiger partial charge in [0.25, 0.3) is 0 Å². The van der Waals surface area contributed by atoms with Gasteiger partial charge >= 0.3 is 6.18 Å². The van der Waals surface area contributed by atoms with Crippen LogP contribution in [0.1, 0.15) is 18.1 Å². The minimum absolute atomic E-state index is 0.0834. The maximum Gasteiger partial charge on any atom is 0.416 e. The van der Waals surface area contributed by atoms with Gasteiger partial charge in [0.15, 0.2) is 0 Å². The van der Waals surface area contributed by atoms with Gasteiger partial charge in [0.1, 0.15) is 6.04 Å². The summed E-state index contributed by atoms with van der Waals surface area (Å²) in [6.45, 7) is 2.84. The largest absolute Gasteiger partial charge is 0.416 e. The topological polar surface area (TPSA) is 101 Å². The molecule has 4 N–H and O–H groups in total. The Labute approximate surface area is 154 Å². The van der Waals surface area contributed by atoms with Gasteiger partial charge in [0.05, 0.1) is 10.5 Å². The fourth-order valence-electron chi connectivity index (χ4n) is 2.31. The van der Waals surface area contributed by atoms with Crippen LogP contribution in [-0.4, -0.2) is 20.4 Å². The van der Waals surface area contributed by atoms with Crippen LogP contribution in [0.15, 0.2) is 47.4 Å². The second-order valence-corrected chi connectivity index (χ2v) is 7.51. The highest BCUT2D eigenvalue weighted by molar-refractivity contribution is 7.89. The van der Waals surface area contributed by atoms with Gasteiger partial charge in [-0.05, 0) is 55.8 Å². The lowest BCUT2D eigenvalue weighted by molar-refractivity contribution is -0.138. The summed E-state index contributed by atoms with van der Waals surface area (Å²) in [6, 6.07) is 8.07. The SMILES string of the molecule is Cc1ccc(NC(C)C(=O)Nc2ccc(S(N)(=O)=O)cc2)cc1C(F)(F)F. The molecule has 0 fully saturated rings. The van der Waals surface area contributed by atoms with E-state index in [1.165, 1.54) is 50.2 Å². The van der Waals surface area contributed by atoms with Crippen LogP contribution in [0.25, 0.3) is 0 Å². The lowest BCUT2D eigenvalue weighted by atomic mass is 10.1. The van der Waals surface area contributed by atoms with Crippen LogP contribution >= 0.6 is 0 Å². The molecule has 0 radical (unpaired) electrons. The summed E-state index contributed by atoms with van der Waals surface area (Å²) in [5.41, 5.74) is -0.222. The second-order valence-electron chi connectivity index (χ2n) is 5.95. The molecule has 0 aliphatic rings. The lowest BCUT2D eigenvalue weighted by Crippen LogP contribution is -2.32. The fourth-order valence-corrected chi connectivity index (χ4v) is 2.83. The number of nitrogens with two attached hydrogens (primary N) is 1. The van der Waals surface area contributed by atoms with E-state index >= 15 is 0 Å². The van der Waals surface area contributed by atoms with Gasteiger partial charge in [-0.2, -0.15) is 13.2 Å². The number of nitrogens with one attached hydrogen (secondary N) is 2. The monoisotopic (exact) mass is 401 g/mol. The number of hydrogen-bond acceptors (Lipinski definition) is 4. The van der Waals surface area contributed by atoms with Gasteiger partial charge in [-0.25, -0.2) is 13.6 Å². The number of aryl methyl sites for hydroxylation is 1. The minimum Gasteiger partial charge on any atom is -0.374 e. The van der Waals surface area contributed by atoms with Crippen molar-refractivity contribution in [2.75, 3.05) is 10.6 Å². The first-order valence-electron chi connectivity index (χ1n) is 7.76. The van der Waals surface area contributed by atoms with Crippen molar-refractivity contribution in [2.45, 2.75) is 31.0 Å². The molecule has 0 spiro atoms. The van der Waals surface area contributed by atoms with E-state index in [0.717, 1.165) is 6.07 Å². The molecule has 0 aromatic heterocycles. The molecule has 27 heavy (non-hydrogen) atoms. The van der Waals surface area contributed by atoms with Crippen molar-refractivity contribution < 1.29 is 26.4 Å². The number of carbonyl (C=O) groups excluding carboxylic acids is 1. The van der Waals surface area contributed by atoms with Gasteiger partial charge in [-0.15, -0.1) is 0 Å². The standard InChI is InChI=1S/C17H18F3N3O3S/c1-10-3-4-13(9-15(10)17(18,19)20)22-11(2)16(24)23-12-5-7-14(8-6-12)27(21,25)26/h3-9,11,22H,1-2H3,(H,23,24)(H2,21,25,26). The van der Waals surface area contributed by atoms with Crippen LogP contribution in [-0.2, 0) is 21.0 Å². The summed E-state index contributed by atoms with van der Waals surface area (Å²) in [6.07, 6.45) is -4.49. The average Bonchev–Trinajstić information content (AvgIpc) is 2.55. The predicted molar refractivity (Wildman–Crippen MR) is 95.7 cm³/mol. The molecule has 2 aromatic rings. The van der Waals surface area contributed by atoms with Gasteiger partial charge in [0.2, 0.25) is 15.9 Å². The molecule has 0 saturated heterocycles. The summed E-state index contributed by atoms with van der Waals surface area (Å²) in [5.74, 6) is -0.507. The molecule has 146 valence electrons. The number of primary sulfonamides is 1. The molecule has 1 amide bonds. The Hall–Kier alpha value is -2.59. The van der Waals surface area contributed by atoms with Gasteiger partial charge in [0, 0.05) is 11.4 Å². The zero-order valence-electron chi connectivity index (χ0n) is 14.5. The Kier molecular flexibility index (Phi) is 5.81. The molecule has 0 bridgehead atoms. The summed E-state index contributed by atoms with van der Waals surface area (Å²) >= 11 is 0. The molecule has 6 nitrogen and oxygen atoms in total. The Morgan fingerprint density at radius 3 is 2.15 bits per heavy atom. The van der Waals surface area contributed by atoms with E-state index in [2.05, 4.69) is 10.6 Å². The number of rotatable bonds is 5. The summed E-state index contributed by atoms with van der Waals surface area (Å²) < 4.78 is 61.3. The minimum atomic E-state index is -4.49. The molecule has 0 aliphatic heterocycles. The number of amides is 1. The van der Waals surface area contributed by atoms with E-state index in [-0.39, 0.29) is 16.1 Å². The van der Waals surface area contributed by atoms with E-state index in [4.69, 9.17) is 5.14 Å². The Morgan fingerprint density at radius 2 is 1.63 bits per heavy atom. The normalized spacial score (nSPS) is 13.1. The number of benzene rings is 2. The Balaban J connectivity index is 2.08. The van der Waals surface area contributed by atoms with Crippen molar-refractivity contribution >= 4 is 27.3 Å². The first-order valence-corrected chi connectivity index (χ1v) is 9.30. The van der Waals surface area contributed by atoms with E-state index in [9.17, 15) is 26.4 Å². The molecule has 2 aromatic carbocycles. The van der Waals surface area contributed by atoms with Crippen molar-refractivity contribution in [3.05, 3.63) is 53.6 Å². The van der Waals surface area contributed by atoms with Crippen LogP contribution in [0.4, 0.5) is 24.5 Å². The van der Waals surface area contributed by atoms with Crippen molar-refractivity contribution in [1.82, 2.24) is 0 Å². The van der Waals surface area contributed by atoms with Gasteiger partial charge in [-0.3, -0.25) is 4.79 Å². The third kappa shape index (κ3) is 5.44. The number of sulfonamides is 1. The van der Waals surface area contributed by atoms with Crippen LogP contribution in [0, 0.1) is 6.92 Å². The van der Waals surface area contributed by atoms with E-state index in [0.29, 0.717) is 5.69 Å². The molecule has 2 rings (SSSR count). The molecule has 10 heteroatoms. The molecule has 0 aliphatic carbocycles. The van der Waals surface area contributed by atoms with Crippen molar-refractivity contribution in [2.24, 2.45) is 5.14 Å². The second kappa shape index (κ2) is 7.57. The zero-order chi connectivity index (χ0) is 20.4. The number of carbonyl (C=O) groups is 1. The number of alkyl halides is 3. The van der Waals surface area contributed by atoms with E-state index < -0.39 is 33.7 Å². The molecular weight excluding hydrogens is 383 g/mol. The average molecular weight is 401 g/mol. The highest BCUT2D eigenvalue weighted by atomic mass is 32.2. The number of hydrogen-bond donors (Lipinski definition) is 3. The van der Waals surface area contributed by atoms with Crippen LogP contribution in [0.2, 0.25) is 0 Å². The summed E-state index contributed by atoms with van der Waals surface area (Å²) in [5, 5.41) is 10.2. The summed E-state index contributed by atoms with van der Waals surface area (Å²) in [4.78, 5) is 12.1. The van der Waals surface area contributed by atoms with Gasteiger partial charge < -0.3 is 10.6 Å². The maximum absolute atomic E-state index is 13.0. The first-order chi connectivity index (χ1) is 12.4. The highest BCUT2D eigenvalue weighted by Gasteiger charge is 2.32. The molecule has 1 unspecified atom stereocenters. The maximum atomic E-state index is 13.0. The summed E-state index contributed by atoms with van der Waals surface area (Å²) in [7, 11) is -3.84. The third-order valence-corrected chi connectivity index (χ3v) is 4.70. The quantitative estimate of drug-likeness (QED) is 0.717. The van der Waals surface area contributed by atoms with Crippen LogP contribution < -0.4 is 15.8 Å². The first kappa shape index (κ1) is 20.7. The molecule has 0 heterocycles. The fraction of sp³-hybridized carbons (Fsp3) is 0.235. The lowest BCUT2D eigenvalue weighted by Gasteiger charge is -2.17.